The van der Waals surface area contributed by atoms with E-state index in [2.05, 4.69) is 36.5 Å². The Balaban J connectivity index is 1.66. The van der Waals surface area contributed by atoms with E-state index in [1.807, 2.05) is 19.1 Å². The molecule has 1 aliphatic rings. The molecule has 0 aromatic heterocycles. The molecule has 2 aromatic carbocycles. The Kier molecular flexibility index (Phi) is 5.26. The maximum absolute atomic E-state index is 12.6. The lowest BCUT2D eigenvalue weighted by Gasteiger charge is -2.15. The van der Waals surface area contributed by atoms with Crippen LogP contribution in [0.15, 0.2) is 53.7 Å². The zero-order valence-electron chi connectivity index (χ0n) is 15.5. The number of hydrogen-bond donors (Lipinski definition) is 1. The summed E-state index contributed by atoms with van der Waals surface area (Å²) in [6.45, 7) is 6.28. The van der Waals surface area contributed by atoms with Crippen LogP contribution in [0.3, 0.4) is 0 Å². The van der Waals surface area contributed by atoms with E-state index in [4.69, 9.17) is 9.57 Å². The highest BCUT2D eigenvalue weighted by Gasteiger charge is 2.36. The van der Waals surface area contributed by atoms with Crippen LogP contribution < -0.4 is 10.1 Å². The molecule has 0 fully saturated rings. The third kappa shape index (κ3) is 3.72. The van der Waals surface area contributed by atoms with Gasteiger partial charge in [-0.05, 0) is 41.3 Å². The normalized spacial score (nSPS) is 19.0. The van der Waals surface area contributed by atoms with Crippen molar-refractivity contribution >= 4 is 17.3 Å². The second-order valence-electron chi connectivity index (χ2n) is 6.79. The van der Waals surface area contributed by atoms with E-state index in [1.165, 1.54) is 5.56 Å². The minimum absolute atomic E-state index is 0.127. The van der Waals surface area contributed by atoms with Crippen LogP contribution in [0.25, 0.3) is 0 Å². The Morgan fingerprint density at radius 3 is 2.35 bits per heavy atom. The van der Waals surface area contributed by atoms with Gasteiger partial charge >= 0.3 is 0 Å². The molecule has 5 heteroatoms. The molecule has 2 atom stereocenters. The third-order valence-electron chi connectivity index (χ3n) is 4.64. The molecule has 0 spiro atoms. The summed E-state index contributed by atoms with van der Waals surface area (Å²) in [5, 5.41) is 7.04. The van der Waals surface area contributed by atoms with E-state index in [9.17, 15) is 4.79 Å². The summed E-state index contributed by atoms with van der Waals surface area (Å²) in [6, 6.07) is 15.5. The van der Waals surface area contributed by atoms with Gasteiger partial charge in [-0.2, -0.15) is 0 Å². The summed E-state index contributed by atoms with van der Waals surface area (Å²) in [4.78, 5) is 18.0. The number of nitrogens with zero attached hydrogens (tertiary/aromatic N) is 1. The molecule has 1 heterocycles. The first kappa shape index (κ1) is 18.0. The quantitative estimate of drug-likeness (QED) is 0.877. The number of nitrogens with one attached hydrogen (secondary N) is 1. The van der Waals surface area contributed by atoms with Gasteiger partial charge in [-0.1, -0.05) is 50.2 Å². The summed E-state index contributed by atoms with van der Waals surface area (Å²) in [5.74, 6) is 0.883. The van der Waals surface area contributed by atoms with Crippen LogP contribution in [0.1, 0.15) is 37.8 Å². The Bertz CT molecular complexity index is 795. The molecular weight excluding hydrogens is 328 g/mol. The maximum Gasteiger partial charge on any atom is 0.268 e. The van der Waals surface area contributed by atoms with Gasteiger partial charge in [0.1, 0.15) is 5.75 Å². The number of carbonyl (C=O) groups excluding carboxylic acids is 1. The molecule has 3 rings (SSSR count). The molecule has 5 nitrogen and oxygen atoms in total. The number of methoxy groups -OCH3 is 1. The van der Waals surface area contributed by atoms with Gasteiger partial charge in [0.2, 0.25) is 6.10 Å². The Hall–Kier alpha value is -2.82. The van der Waals surface area contributed by atoms with Gasteiger partial charge in [0, 0.05) is 5.69 Å². The van der Waals surface area contributed by atoms with Crippen LogP contribution in [-0.2, 0) is 9.63 Å². The number of benzene rings is 2. The average Bonchev–Trinajstić information content (AvgIpc) is 3.04. The van der Waals surface area contributed by atoms with Gasteiger partial charge in [0.05, 0.1) is 18.7 Å². The Morgan fingerprint density at radius 2 is 1.77 bits per heavy atom. The predicted octanol–water partition coefficient (Wildman–Crippen LogP) is 4.20. The van der Waals surface area contributed by atoms with Gasteiger partial charge in [0.25, 0.3) is 5.91 Å². The number of rotatable bonds is 5. The SMILES string of the molecule is COc1ccc(NC(=O)[C@@H]2ON=C(c3ccc(C(C)C)cc3)[C@H]2C)cc1. The first-order valence-electron chi connectivity index (χ1n) is 8.78. The van der Waals surface area contributed by atoms with Crippen molar-refractivity contribution in [1.29, 1.82) is 0 Å². The fourth-order valence-electron chi connectivity index (χ4n) is 2.95. The summed E-state index contributed by atoms with van der Waals surface area (Å²) in [5.41, 5.74) is 3.76. The second-order valence-corrected chi connectivity index (χ2v) is 6.79. The van der Waals surface area contributed by atoms with E-state index in [-0.39, 0.29) is 11.8 Å². The van der Waals surface area contributed by atoms with Crippen LogP contribution in [-0.4, -0.2) is 24.8 Å². The largest absolute Gasteiger partial charge is 0.497 e. The molecule has 136 valence electrons. The highest BCUT2D eigenvalue weighted by atomic mass is 16.6. The highest BCUT2D eigenvalue weighted by Crippen LogP contribution is 2.26. The van der Waals surface area contributed by atoms with E-state index >= 15 is 0 Å². The predicted molar refractivity (Wildman–Crippen MR) is 103 cm³/mol. The maximum atomic E-state index is 12.6. The lowest BCUT2D eigenvalue weighted by Crippen LogP contribution is -2.34. The van der Waals surface area contributed by atoms with Crippen LogP contribution >= 0.6 is 0 Å². The highest BCUT2D eigenvalue weighted by molar-refractivity contribution is 6.07. The van der Waals surface area contributed by atoms with Crippen molar-refractivity contribution < 1.29 is 14.4 Å². The Labute approximate surface area is 154 Å². The fourth-order valence-corrected chi connectivity index (χ4v) is 2.95. The molecule has 1 aliphatic heterocycles. The monoisotopic (exact) mass is 352 g/mol. The van der Waals surface area contributed by atoms with Crippen molar-refractivity contribution in [2.75, 3.05) is 12.4 Å². The van der Waals surface area contributed by atoms with Crippen molar-refractivity contribution in [2.24, 2.45) is 11.1 Å². The summed E-state index contributed by atoms with van der Waals surface area (Å²) < 4.78 is 5.12. The summed E-state index contributed by atoms with van der Waals surface area (Å²) in [6.07, 6.45) is -0.642. The number of anilines is 1. The van der Waals surface area contributed by atoms with Crippen molar-refractivity contribution in [3.63, 3.8) is 0 Å². The van der Waals surface area contributed by atoms with Gasteiger partial charge in [-0.25, -0.2) is 0 Å². The number of hydrogen-bond acceptors (Lipinski definition) is 4. The van der Waals surface area contributed by atoms with Crippen LogP contribution in [0.4, 0.5) is 5.69 Å². The fraction of sp³-hybridized carbons (Fsp3) is 0.333. The lowest BCUT2D eigenvalue weighted by molar-refractivity contribution is -0.127. The van der Waals surface area contributed by atoms with Gasteiger partial charge in [-0.15, -0.1) is 0 Å². The molecule has 0 radical (unpaired) electrons. The lowest BCUT2D eigenvalue weighted by atomic mass is 9.92. The minimum Gasteiger partial charge on any atom is -0.497 e. The first-order chi connectivity index (χ1) is 12.5. The molecule has 1 amide bonds. The number of ether oxygens (including phenoxy) is 1. The summed E-state index contributed by atoms with van der Waals surface area (Å²) >= 11 is 0. The number of carbonyl (C=O) groups is 1. The molecule has 26 heavy (non-hydrogen) atoms. The van der Waals surface area contributed by atoms with Gasteiger partial charge in [0.15, 0.2) is 0 Å². The standard InChI is InChI=1S/C21H24N2O3/c1-13(2)15-5-7-16(8-6-15)19-14(3)20(26-23-19)21(24)22-17-9-11-18(25-4)12-10-17/h5-14,20H,1-4H3,(H,22,24)/t14-,20-/m1/s1. The van der Waals surface area contributed by atoms with Gasteiger partial charge in [-0.3, -0.25) is 4.79 Å². The molecule has 0 saturated heterocycles. The van der Waals surface area contributed by atoms with Crippen LogP contribution in [0.5, 0.6) is 5.75 Å². The second kappa shape index (κ2) is 7.60. The first-order valence-corrected chi connectivity index (χ1v) is 8.78. The van der Waals surface area contributed by atoms with E-state index in [0.29, 0.717) is 11.6 Å². The average molecular weight is 352 g/mol. The minimum atomic E-state index is -0.642. The molecule has 0 unspecified atom stereocenters. The van der Waals surface area contributed by atoms with Crippen LogP contribution in [0, 0.1) is 5.92 Å². The molecule has 1 N–H and O–H groups in total. The zero-order valence-corrected chi connectivity index (χ0v) is 15.5. The van der Waals surface area contributed by atoms with Crippen molar-refractivity contribution in [3.05, 3.63) is 59.7 Å². The van der Waals surface area contributed by atoms with E-state index in [1.54, 1.807) is 31.4 Å². The van der Waals surface area contributed by atoms with Crippen molar-refractivity contribution in [2.45, 2.75) is 32.8 Å². The van der Waals surface area contributed by atoms with Crippen molar-refractivity contribution in [1.82, 2.24) is 0 Å². The molecular formula is C21H24N2O3. The molecule has 0 saturated carbocycles. The summed E-state index contributed by atoms with van der Waals surface area (Å²) in [7, 11) is 1.61. The van der Waals surface area contributed by atoms with Crippen LogP contribution in [0.2, 0.25) is 0 Å². The third-order valence-corrected chi connectivity index (χ3v) is 4.64. The van der Waals surface area contributed by atoms with Gasteiger partial charge < -0.3 is 14.9 Å². The molecule has 0 bridgehead atoms. The molecule has 0 aliphatic carbocycles. The smallest absolute Gasteiger partial charge is 0.268 e. The number of oxime groups is 1. The van der Waals surface area contributed by atoms with E-state index in [0.717, 1.165) is 17.0 Å². The number of amides is 1. The molecule has 2 aromatic rings. The van der Waals surface area contributed by atoms with Crippen molar-refractivity contribution in [3.8, 4) is 5.75 Å². The Morgan fingerprint density at radius 1 is 1.12 bits per heavy atom. The zero-order chi connectivity index (χ0) is 18.7. The topological polar surface area (TPSA) is 59.9 Å². The van der Waals surface area contributed by atoms with E-state index < -0.39 is 6.10 Å².